The Morgan fingerprint density at radius 2 is 2.00 bits per heavy atom. The molecule has 1 fully saturated rings. The van der Waals surface area contributed by atoms with Crippen LogP contribution in [0.4, 0.5) is 8.78 Å². The lowest BCUT2D eigenvalue weighted by atomic mass is 9.98. The van der Waals surface area contributed by atoms with Crippen molar-refractivity contribution in [2.45, 2.75) is 19.4 Å². The first kappa shape index (κ1) is 12.6. The summed E-state index contributed by atoms with van der Waals surface area (Å²) in [6.45, 7) is 4.00. The van der Waals surface area contributed by atoms with Crippen molar-refractivity contribution in [3.8, 4) is 5.75 Å². The number of benzene rings is 1. The van der Waals surface area contributed by atoms with Crippen molar-refractivity contribution in [1.82, 2.24) is 4.90 Å². The van der Waals surface area contributed by atoms with Gasteiger partial charge in [0.25, 0.3) is 0 Å². The number of hydrogen-bond donors (Lipinski definition) is 0. The monoisotopic (exact) mass is 265 g/mol. The number of hydrogen-bond acceptors (Lipinski definition) is 2. The quantitative estimate of drug-likeness (QED) is 0.832. The molecule has 2 aliphatic rings. The molecule has 1 aliphatic heterocycles. The predicted molar refractivity (Wildman–Crippen MR) is 70.0 cm³/mol. The first-order valence-electron chi connectivity index (χ1n) is 6.63. The Kier molecular flexibility index (Phi) is 3.05. The van der Waals surface area contributed by atoms with Crippen LogP contribution in [0.1, 0.15) is 18.9 Å². The molecule has 1 aromatic rings. The molecular formula is C15H17F2NO. The van der Waals surface area contributed by atoms with Crippen LogP contribution in [0.5, 0.6) is 5.75 Å². The van der Waals surface area contributed by atoms with E-state index < -0.39 is 11.6 Å². The lowest BCUT2D eigenvalue weighted by molar-refractivity contribution is 0.301. The van der Waals surface area contributed by atoms with Gasteiger partial charge in [-0.1, -0.05) is 13.0 Å². The van der Waals surface area contributed by atoms with Gasteiger partial charge in [0.05, 0.1) is 12.7 Å². The minimum Gasteiger partial charge on any atom is -0.497 e. The van der Waals surface area contributed by atoms with Crippen LogP contribution in [0.2, 0.25) is 0 Å². The predicted octanol–water partition coefficient (Wildman–Crippen LogP) is 3.08. The molecule has 1 aliphatic carbocycles. The number of ether oxygens (including phenoxy) is 1. The number of nitrogens with zero attached hydrogens (tertiary/aromatic N) is 1. The molecule has 2 nitrogen and oxygen atoms in total. The molecule has 0 radical (unpaired) electrons. The van der Waals surface area contributed by atoms with Crippen LogP contribution in [0.3, 0.4) is 0 Å². The van der Waals surface area contributed by atoms with Crippen LogP contribution >= 0.6 is 0 Å². The molecule has 1 heterocycles. The Morgan fingerprint density at radius 1 is 1.32 bits per heavy atom. The standard InChI is InChI=1S/C15H17F2NO/c1-3-18-8-9-4-11(14(18)5-9)15-12(16)6-10(19-2)7-13(15)17/h4,6-7,9,14H,3,5,8H2,1-2H3. The topological polar surface area (TPSA) is 12.5 Å². The Labute approximate surface area is 111 Å². The van der Waals surface area contributed by atoms with E-state index in [1.54, 1.807) is 0 Å². The minimum absolute atomic E-state index is 0.117. The van der Waals surface area contributed by atoms with Crippen molar-refractivity contribution >= 4 is 5.57 Å². The highest BCUT2D eigenvalue weighted by Gasteiger charge is 2.40. The van der Waals surface area contributed by atoms with E-state index in [4.69, 9.17) is 4.74 Å². The van der Waals surface area contributed by atoms with Crippen LogP contribution in [0.15, 0.2) is 18.2 Å². The molecular weight excluding hydrogens is 248 g/mol. The van der Waals surface area contributed by atoms with Crippen molar-refractivity contribution in [2.24, 2.45) is 5.92 Å². The molecule has 1 saturated heterocycles. The van der Waals surface area contributed by atoms with Gasteiger partial charge in [0.2, 0.25) is 0 Å². The van der Waals surface area contributed by atoms with Gasteiger partial charge in [-0.05, 0) is 24.5 Å². The highest BCUT2D eigenvalue weighted by Crippen LogP contribution is 2.43. The average molecular weight is 265 g/mol. The molecule has 19 heavy (non-hydrogen) atoms. The summed E-state index contributed by atoms with van der Waals surface area (Å²) in [4.78, 5) is 2.28. The van der Waals surface area contributed by atoms with E-state index in [1.807, 2.05) is 6.08 Å². The van der Waals surface area contributed by atoms with Gasteiger partial charge in [-0.3, -0.25) is 4.90 Å². The fraction of sp³-hybridized carbons (Fsp3) is 0.467. The molecule has 4 heteroatoms. The third kappa shape index (κ3) is 1.94. The average Bonchev–Trinajstić information content (AvgIpc) is 2.97. The lowest BCUT2D eigenvalue weighted by Crippen LogP contribution is -2.32. The number of fused-ring (bicyclic) bond motifs is 2. The summed E-state index contributed by atoms with van der Waals surface area (Å²) >= 11 is 0. The second-order valence-corrected chi connectivity index (χ2v) is 5.19. The zero-order valence-corrected chi connectivity index (χ0v) is 11.1. The Morgan fingerprint density at radius 3 is 2.53 bits per heavy atom. The van der Waals surface area contributed by atoms with E-state index in [0.29, 0.717) is 5.92 Å². The maximum atomic E-state index is 14.1. The largest absolute Gasteiger partial charge is 0.497 e. The zero-order chi connectivity index (χ0) is 13.6. The highest BCUT2D eigenvalue weighted by atomic mass is 19.1. The van der Waals surface area contributed by atoms with Gasteiger partial charge in [-0.25, -0.2) is 8.78 Å². The summed E-state index contributed by atoms with van der Waals surface area (Å²) in [7, 11) is 1.41. The van der Waals surface area contributed by atoms with Gasteiger partial charge < -0.3 is 4.74 Å². The first-order chi connectivity index (χ1) is 9.13. The molecule has 2 bridgehead atoms. The molecule has 2 atom stereocenters. The smallest absolute Gasteiger partial charge is 0.137 e. The van der Waals surface area contributed by atoms with Crippen LogP contribution in [0.25, 0.3) is 5.57 Å². The van der Waals surface area contributed by atoms with Crippen molar-refractivity contribution < 1.29 is 13.5 Å². The third-order valence-corrected chi connectivity index (χ3v) is 4.16. The molecule has 2 unspecified atom stereocenters. The number of halogens is 2. The van der Waals surface area contributed by atoms with E-state index in [1.165, 1.54) is 19.2 Å². The van der Waals surface area contributed by atoms with Crippen LogP contribution < -0.4 is 4.74 Å². The van der Waals surface area contributed by atoms with E-state index in [2.05, 4.69) is 11.8 Å². The molecule has 0 N–H and O–H groups in total. The third-order valence-electron chi connectivity index (χ3n) is 4.16. The molecule has 102 valence electrons. The maximum Gasteiger partial charge on any atom is 0.137 e. The van der Waals surface area contributed by atoms with Crippen molar-refractivity contribution in [1.29, 1.82) is 0 Å². The van der Waals surface area contributed by atoms with Gasteiger partial charge in [0.15, 0.2) is 0 Å². The Bertz CT molecular complexity index is 518. The molecule has 1 aromatic carbocycles. The lowest BCUT2D eigenvalue weighted by Gasteiger charge is -2.27. The SMILES string of the molecule is CCN1CC2C=C(c3c(F)cc(OC)cc3F)C1C2. The molecule has 0 saturated carbocycles. The zero-order valence-electron chi connectivity index (χ0n) is 11.1. The van der Waals surface area contributed by atoms with Gasteiger partial charge >= 0.3 is 0 Å². The van der Waals surface area contributed by atoms with Crippen molar-refractivity contribution in [2.75, 3.05) is 20.2 Å². The van der Waals surface area contributed by atoms with Gasteiger partial charge in [0.1, 0.15) is 17.4 Å². The maximum absolute atomic E-state index is 14.1. The first-order valence-corrected chi connectivity index (χ1v) is 6.63. The second kappa shape index (κ2) is 4.60. The second-order valence-electron chi connectivity index (χ2n) is 5.19. The summed E-state index contributed by atoms with van der Waals surface area (Å²) in [5.41, 5.74) is 0.919. The van der Waals surface area contributed by atoms with E-state index in [9.17, 15) is 8.78 Å². The van der Waals surface area contributed by atoms with Gasteiger partial charge in [-0.15, -0.1) is 0 Å². The summed E-state index contributed by atoms with van der Waals surface area (Å²) in [6, 6.07) is 2.66. The van der Waals surface area contributed by atoms with E-state index in [-0.39, 0.29) is 17.4 Å². The van der Waals surface area contributed by atoms with Gasteiger partial charge in [-0.2, -0.15) is 0 Å². The number of likely N-dealkylation sites (N-methyl/N-ethyl adjacent to an activating group) is 1. The molecule has 0 spiro atoms. The summed E-state index contributed by atoms with van der Waals surface area (Å²) in [5, 5.41) is 0. The highest BCUT2D eigenvalue weighted by molar-refractivity contribution is 5.74. The van der Waals surface area contributed by atoms with Crippen molar-refractivity contribution in [3.05, 3.63) is 35.4 Å². The number of rotatable bonds is 3. The summed E-state index contributed by atoms with van der Waals surface area (Å²) < 4.78 is 33.1. The Hall–Kier alpha value is -1.42. The summed E-state index contributed by atoms with van der Waals surface area (Å²) in [5.74, 6) is -0.422. The van der Waals surface area contributed by atoms with Crippen molar-refractivity contribution in [3.63, 3.8) is 0 Å². The number of likely N-dealkylation sites (tertiary alicyclic amines) is 1. The molecule has 0 amide bonds. The fourth-order valence-electron chi connectivity index (χ4n) is 3.29. The normalized spacial score (nSPS) is 25.8. The van der Waals surface area contributed by atoms with E-state index >= 15 is 0 Å². The molecule has 3 rings (SSSR count). The summed E-state index contributed by atoms with van der Waals surface area (Å²) in [6.07, 6.45) is 3.01. The van der Waals surface area contributed by atoms with Gasteiger partial charge in [0, 0.05) is 24.7 Å². The number of methoxy groups -OCH3 is 1. The Balaban J connectivity index is 2.02. The van der Waals surface area contributed by atoms with E-state index in [0.717, 1.165) is 25.1 Å². The minimum atomic E-state index is -0.535. The van der Waals surface area contributed by atoms with Crippen LogP contribution in [-0.4, -0.2) is 31.1 Å². The van der Waals surface area contributed by atoms with Crippen LogP contribution in [0, 0.1) is 17.6 Å². The van der Waals surface area contributed by atoms with Crippen LogP contribution in [-0.2, 0) is 0 Å². The fourth-order valence-corrected chi connectivity index (χ4v) is 3.29. The molecule has 0 aromatic heterocycles.